The minimum atomic E-state index is -0.197. The molecule has 0 atom stereocenters. The van der Waals surface area contributed by atoms with E-state index >= 15 is 0 Å². The highest BCUT2D eigenvalue weighted by molar-refractivity contribution is 9.10. The summed E-state index contributed by atoms with van der Waals surface area (Å²) >= 11 is 3.59. The van der Waals surface area contributed by atoms with Gasteiger partial charge in [-0.05, 0) is 17.7 Å². The Kier molecular flexibility index (Phi) is 5.16. The minimum absolute atomic E-state index is 0.0101. The lowest BCUT2D eigenvalue weighted by Crippen LogP contribution is -2.53. The molecule has 2 aromatic carbocycles. The average Bonchev–Trinajstić information content (AvgIpc) is 3.24. The maximum absolute atomic E-state index is 14.1. The van der Waals surface area contributed by atoms with Gasteiger partial charge in [0.25, 0.3) is 5.91 Å². The average molecular weight is 469 g/mol. The third-order valence-electron chi connectivity index (χ3n) is 5.92. The minimum Gasteiger partial charge on any atom is -0.314 e. The molecular formula is C23H22BrFN4O. The molecule has 0 saturated carbocycles. The molecule has 7 heteroatoms. The van der Waals surface area contributed by atoms with Crippen LogP contribution in [0.1, 0.15) is 17.5 Å². The molecule has 3 heterocycles. The molecule has 0 bridgehead atoms. The number of nitrogens with zero attached hydrogens (tertiary/aromatic N) is 4. The molecule has 0 radical (unpaired) electrons. The summed E-state index contributed by atoms with van der Waals surface area (Å²) in [4.78, 5) is 24.3. The van der Waals surface area contributed by atoms with Gasteiger partial charge < -0.3 is 4.90 Å². The van der Waals surface area contributed by atoms with Crippen molar-refractivity contribution >= 4 is 27.8 Å². The fourth-order valence-corrected chi connectivity index (χ4v) is 4.83. The summed E-state index contributed by atoms with van der Waals surface area (Å²) in [5.74, 6) is 0.574. The van der Waals surface area contributed by atoms with E-state index in [0.29, 0.717) is 31.7 Å². The molecule has 0 unspecified atom stereocenters. The number of rotatable bonds is 4. The van der Waals surface area contributed by atoms with Crippen molar-refractivity contribution in [2.75, 3.05) is 26.2 Å². The number of carbonyl (C=O) groups is 1. The number of guanidine groups is 1. The molecule has 5 nitrogen and oxygen atoms in total. The first kappa shape index (κ1) is 19.5. The van der Waals surface area contributed by atoms with E-state index in [1.54, 1.807) is 11.0 Å². The Morgan fingerprint density at radius 3 is 2.57 bits per heavy atom. The normalized spacial score (nSPS) is 19.1. The molecule has 1 amide bonds. The topological polar surface area (TPSA) is 39.2 Å². The molecule has 30 heavy (non-hydrogen) atoms. The first-order chi connectivity index (χ1) is 14.6. The summed E-state index contributed by atoms with van der Waals surface area (Å²) < 4.78 is 15.1. The van der Waals surface area contributed by atoms with Crippen LogP contribution >= 0.6 is 15.9 Å². The Bertz CT molecular complexity index is 1070. The standard InChI is InChI=1S/C23H22BrFN4O/c24-19-7-3-1-5-16(19)14-29-22(30)18-15-27(13-17-6-2-4-8-20(17)25)11-9-21(18)28-12-10-26-23(28)29/h1-8H,9-15H2. The number of benzene rings is 2. The third-order valence-corrected chi connectivity index (χ3v) is 6.70. The van der Waals surface area contributed by atoms with Gasteiger partial charge >= 0.3 is 0 Å². The van der Waals surface area contributed by atoms with E-state index in [9.17, 15) is 9.18 Å². The summed E-state index contributed by atoms with van der Waals surface area (Å²) in [7, 11) is 0. The highest BCUT2D eigenvalue weighted by atomic mass is 79.9. The number of amides is 1. The summed E-state index contributed by atoms with van der Waals surface area (Å²) in [6, 6.07) is 14.8. The Balaban J connectivity index is 1.42. The maximum Gasteiger partial charge on any atom is 0.259 e. The zero-order valence-corrected chi connectivity index (χ0v) is 18.1. The van der Waals surface area contributed by atoms with Crippen LogP contribution in [0, 0.1) is 5.82 Å². The van der Waals surface area contributed by atoms with E-state index in [4.69, 9.17) is 0 Å². The largest absolute Gasteiger partial charge is 0.314 e. The van der Waals surface area contributed by atoms with E-state index < -0.39 is 0 Å². The van der Waals surface area contributed by atoms with Crippen LogP contribution in [0.5, 0.6) is 0 Å². The van der Waals surface area contributed by atoms with E-state index in [1.165, 1.54) is 6.07 Å². The molecule has 2 aromatic rings. The highest BCUT2D eigenvalue weighted by Gasteiger charge is 2.41. The van der Waals surface area contributed by atoms with Crippen molar-refractivity contribution in [1.82, 2.24) is 14.7 Å². The Morgan fingerprint density at radius 2 is 1.77 bits per heavy atom. The van der Waals surface area contributed by atoms with Crippen molar-refractivity contribution in [3.05, 3.63) is 81.2 Å². The van der Waals surface area contributed by atoms with Crippen molar-refractivity contribution in [3.63, 3.8) is 0 Å². The number of carbonyl (C=O) groups excluding carboxylic acids is 1. The zero-order valence-electron chi connectivity index (χ0n) is 16.5. The number of hydrogen-bond donors (Lipinski definition) is 0. The maximum atomic E-state index is 14.1. The van der Waals surface area contributed by atoms with E-state index in [1.807, 2.05) is 36.4 Å². The van der Waals surface area contributed by atoms with E-state index in [-0.39, 0.29) is 11.7 Å². The predicted molar refractivity (Wildman–Crippen MR) is 117 cm³/mol. The molecule has 3 aliphatic rings. The van der Waals surface area contributed by atoms with Gasteiger partial charge in [-0.2, -0.15) is 0 Å². The Hall–Kier alpha value is -2.51. The van der Waals surface area contributed by atoms with Crippen molar-refractivity contribution in [2.24, 2.45) is 4.99 Å². The van der Waals surface area contributed by atoms with Crippen LogP contribution in [-0.4, -0.2) is 52.7 Å². The molecule has 5 rings (SSSR count). The number of hydrogen-bond acceptors (Lipinski definition) is 4. The molecule has 0 fully saturated rings. The van der Waals surface area contributed by atoms with Crippen LogP contribution in [0.2, 0.25) is 0 Å². The third kappa shape index (κ3) is 3.46. The van der Waals surface area contributed by atoms with Gasteiger partial charge in [-0.25, -0.2) is 4.39 Å². The molecule has 154 valence electrons. The highest BCUT2D eigenvalue weighted by Crippen LogP contribution is 2.33. The van der Waals surface area contributed by atoms with Gasteiger partial charge in [-0.1, -0.05) is 52.3 Å². The van der Waals surface area contributed by atoms with Gasteiger partial charge in [-0.15, -0.1) is 0 Å². The second-order valence-corrected chi connectivity index (χ2v) is 8.65. The van der Waals surface area contributed by atoms with Crippen LogP contribution in [0.3, 0.4) is 0 Å². The first-order valence-electron chi connectivity index (χ1n) is 10.2. The van der Waals surface area contributed by atoms with Gasteiger partial charge in [-0.3, -0.25) is 19.6 Å². The van der Waals surface area contributed by atoms with E-state index in [0.717, 1.165) is 46.8 Å². The fourth-order valence-electron chi connectivity index (χ4n) is 4.42. The van der Waals surface area contributed by atoms with Crippen molar-refractivity contribution in [2.45, 2.75) is 19.5 Å². The second kappa shape index (κ2) is 7.96. The van der Waals surface area contributed by atoms with Crippen molar-refractivity contribution in [1.29, 1.82) is 0 Å². The van der Waals surface area contributed by atoms with Gasteiger partial charge in [0, 0.05) is 48.3 Å². The lowest BCUT2D eigenvalue weighted by Gasteiger charge is -2.42. The van der Waals surface area contributed by atoms with Crippen molar-refractivity contribution < 1.29 is 9.18 Å². The van der Waals surface area contributed by atoms with Gasteiger partial charge in [0.05, 0.1) is 18.7 Å². The van der Waals surface area contributed by atoms with Crippen molar-refractivity contribution in [3.8, 4) is 0 Å². The monoisotopic (exact) mass is 468 g/mol. The Labute approximate surface area is 183 Å². The fraction of sp³-hybridized carbons (Fsp3) is 0.304. The number of fused-ring (bicyclic) bond motifs is 2. The Morgan fingerprint density at radius 1 is 1.00 bits per heavy atom. The van der Waals surface area contributed by atoms with E-state index in [2.05, 4.69) is 30.7 Å². The number of aliphatic imine (C=N–C) groups is 1. The van der Waals surface area contributed by atoms with Gasteiger partial charge in [0.15, 0.2) is 0 Å². The molecule has 0 aromatic heterocycles. The molecule has 0 spiro atoms. The predicted octanol–water partition coefficient (Wildman–Crippen LogP) is 3.76. The summed E-state index contributed by atoms with van der Waals surface area (Å²) in [6.07, 6.45) is 0.775. The smallest absolute Gasteiger partial charge is 0.259 e. The van der Waals surface area contributed by atoms with Crippen LogP contribution in [0.4, 0.5) is 4.39 Å². The second-order valence-electron chi connectivity index (χ2n) is 7.79. The first-order valence-corrected chi connectivity index (χ1v) is 11.0. The van der Waals surface area contributed by atoms with Crippen LogP contribution in [0.15, 0.2) is 69.3 Å². The quantitative estimate of drug-likeness (QED) is 0.685. The van der Waals surface area contributed by atoms with Crippen LogP contribution < -0.4 is 0 Å². The molecule has 0 N–H and O–H groups in total. The van der Waals surface area contributed by atoms with Crippen LogP contribution in [-0.2, 0) is 17.9 Å². The summed E-state index contributed by atoms with van der Waals surface area (Å²) in [5, 5.41) is 0. The number of halogens is 2. The van der Waals surface area contributed by atoms with Crippen LogP contribution in [0.25, 0.3) is 0 Å². The molecule has 0 aliphatic carbocycles. The SMILES string of the molecule is O=C1C2=C(CCN(Cc3ccccc3F)C2)N2CCN=C2N1Cc1ccccc1Br. The molecule has 3 aliphatic heterocycles. The lowest BCUT2D eigenvalue weighted by molar-refractivity contribution is -0.125. The molecular weight excluding hydrogens is 447 g/mol. The molecule has 0 saturated heterocycles. The van der Waals surface area contributed by atoms with Gasteiger partial charge in [0.1, 0.15) is 5.82 Å². The van der Waals surface area contributed by atoms with Gasteiger partial charge in [0.2, 0.25) is 5.96 Å². The summed E-state index contributed by atoms with van der Waals surface area (Å²) in [5.41, 5.74) is 3.61. The summed E-state index contributed by atoms with van der Waals surface area (Å²) in [6.45, 7) is 3.81. The zero-order chi connectivity index (χ0) is 20.7. The lowest BCUT2D eigenvalue weighted by atomic mass is 10.00.